The lowest BCUT2D eigenvalue weighted by Crippen LogP contribution is -2.14. The average molecular weight is 320 g/mol. The molecule has 0 radical (unpaired) electrons. The molecule has 0 atom stereocenters. The molecule has 1 aliphatic heterocycles. The average Bonchev–Trinajstić information content (AvgIpc) is 3.19. The van der Waals surface area contributed by atoms with E-state index in [9.17, 15) is 0 Å². The Kier molecular flexibility index (Phi) is 3.59. The van der Waals surface area contributed by atoms with Crippen molar-refractivity contribution in [2.24, 2.45) is 4.99 Å². The van der Waals surface area contributed by atoms with E-state index in [4.69, 9.17) is 11.6 Å². The highest BCUT2D eigenvalue weighted by Gasteiger charge is 2.18. The zero-order chi connectivity index (χ0) is 14.2. The van der Waals surface area contributed by atoms with E-state index >= 15 is 0 Å². The first kappa shape index (κ1) is 13.5. The summed E-state index contributed by atoms with van der Waals surface area (Å²) in [7, 11) is 0. The predicted octanol–water partition coefficient (Wildman–Crippen LogP) is 4.67. The first-order valence-corrected chi connectivity index (χ1v) is 8.92. The molecule has 0 saturated heterocycles. The van der Waals surface area contributed by atoms with Gasteiger partial charge in [-0.05, 0) is 31.0 Å². The Balaban J connectivity index is 1.74. The molecule has 0 amide bonds. The van der Waals surface area contributed by atoms with Crippen LogP contribution in [0.15, 0.2) is 23.2 Å². The van der Waals surface area contributed by atoms with Crippen LogP contribution in [0.1, 0.15) is 31.4 Å². The lowest BCUT2D eigenvalue weighted by Gasteiger charge is -2.14. The van der Waals surface area contributed by atoms with Crippen molar-refractivity contribution in [2.75, 3.05) is 17.6 Å². The molecule has 1 fully saturated rings. The van der Waals surface area contributed by atoms with E-state index in [1.54, 1.807) is 0 Å². The van der Waals surface area contributed by atoms with Crippen LogP contribution in [0.5, 0.6) is 0 Å². The van der Waals surface area contributed by atoms with Crippen molar-refractivity contribution in [3.8, 4) is 0 Å². The number of aromatic amines is 1. The van der Waals surface area contributed by atoms with Gasteiger partial charge in [-0.15, -0.1) is 11.8 Å². The number of anilines is 1. The van der Waals surface area contributed by atoms with Gasteiger partial charge in [0, 0.05) is 28.7 Å². The molecule has 3 nitrogen and oxygen atoms in total. The van der Waals surface area contributed by atoms with Crippen molar-refractivity contribution in [2.45, 2.75) is 31.7 Å². The lowest BCUT2D eigenvalue weighted by molar-refractivity contribution is 0.756. The Morgan fingerprint density at radius 3 is 2.86 bits per heavy atom. The molecule has 0 unspecified atom stereocenters. The molecule has 1 saturated carbocycles. The van der Waals surface area contributed by atoms with Gasteiger partial charge < -0.3 is 10.3 Å². The largest absolute Gasteiger partial charge is 0.381 e. The maximum atomic E-state index is 6.29. The highest BCUT2D eigenvalue weighted by Crippen LogP contribution is 2.32. The van der Waals surface area contributed by atoms with E-state index in [1.807, 2.05) is 23.9 Å². The predicted molar refractivity (Wildman–Crippen MR) is 93.0 cm³/mol. The highest BCUT2D eigenvalue weighted by molar-refractivity contribution is 8.14. The molecule has 1 aliphatic carbocycles. The summed E-state index contributed by atoms with van der Waals surface area (Å²) in [6, 6.07) is 6.80. The topological polar surface area (TPSA) is 40.2 Å². The van der Waals surface area contributed by atoms with Crippen LogP contribution in [-0.4, -0.2) is 28.4 Å². The van der Waals surface area contributed by atoms with Crippen molar-refractivity contribution in [3.05, 3.63) is 28.9 Å². The van der Waals surface area contributed by atoms with Gasteiger partial charge >= 0.3 is 0 Å². The first-order chi connectivity index (χ1) is 10.3. The second kappa shape index (κ2) is 5.58. The molecular formula is C16H18ClN3S. The number of benzene rings is 1. The number of nitrogens with zero attached hydrogens (tertiary/aromatic N) is 1. The molecular weight excluding hydrogens is 302 g/mol. The fourth-order valence-electron chi connectivity index (χ4n) is 3.22. The number of rotatable bonds is 3. The molecule has 2 N–H and O–H groups in total. The van der Waals surface area contributed by atoms with Crippen molar-refractivity contribution in [1.29, 1.82) is 0 Å². The maximum absolute atomic E-state index is 6.29. The van der Waals surface area contributed by atoms with Crippen LogP contribution >= 0.6 is 23.4 Å². The van der Waals surface area contributed by atoms with Crippen LogP contribution in [-0.2, 0) is 0 Å². The van der Waals surface area contributed by atoms with Gasteiger partial charge in [0.2, 0.25) is 0 Å². The van der Waals surface area contributed by atoms with Crippen LogP contribution < -0.4 is 5.32 Å². The summed E-state index contributed by atoms with van der Waals surface area (Å²) in [6.45, 7) is 0.920. The number of thioether (sulfide) groups is 1. The van der Waals surface area contributed by atoms with Gasteiger partial charge in [0.25, 0.3) is 0 Å². The Morgan fingerprint density at radius 2 is 2.10 bits per heavy atom. The minimum Gasteiger partial charge on any atom is -0.381 e. The lowest BCUT2D eigenvalue weighted by atomic mass is 10.2. The summed E-state index contributed by atoms with van der Waals surface area (Å²) in [6.07, 6.45) is 5.16. The molecule has 1 aromatic heterocycles. The second-order valence-electron chi connectivity index (χ2n) is 5.76. The quantitative estimate of drug-likeness (QED) is 0.863. The Morgan fingerprint density at radius 1 is 1.24 bits per heavy atom. The number of nitrogens with one attached hydrogen (secondary N) is 2. The second-order valence-corrected chi connectivity index (χ2v) is 7.28. The van der Waals surface area contributed by atoms with Crippen LogP contribution in [0.3, 0.4) is 0 Å². The number of H-pyrrole nitrogens is 1. The number of fused-ring (bicyclic) bond motifs is 1. The van der Waals surface area contributed by atoms with Gasteiger partial charge in [0.1, 0.15) is 5.04 Å². The summed E-state index contributed by atoms with van der Waals surface area (Å²) in [5.41, 5.74) is 3.39. The standard InChI is InChI=1S/C16H18ClN3S/c17-11-7-10-8-14(16-18-5-6-21-16)20-15(10)13(9-11)19-12-3-1-2-4-12/h7-9,12,19-20H,1-6H2. The van der Waals surface area contributed by atoms with E-state index in [0.717, 1.165) is 44.6 Å². The zero-order valence-electron chi connectivity index (χ0n) is 11.8. The highest BCUT2D eigenvalue weighted by atomic mass is 35.5. The number of aliphatic imine (C=N–C) groups is 1. The molecule has 2 aliphatic rings. The minimum absolute atomic E-state index is 0.580. The fourth-order valence-corrected chi connectivity index (χ4v) is 4.28. The Labute approximate surface area is 133 Å². The summed E-state index contributed by atoms with van der Waals surface area (Å²) in [5.74, 6) is 1.08. The first-order valence-electron chi connectivity index (χ1n) is 7.56. The van der Waals surface area contributed by atoms with Gasteiger partial charge in [0.05, 0.1) is 16.9 Å². The van der Waals surface area contributed by atoms with Crippen molar-refractivity contribution in [1.82, 2.24) is 4.98 Å². The van der Waals surface area contributed by atoms with E-state index in [0.29, 0.717) is 6.04 Å². The normalized spacial score (nSPS) is 19.4. The molecule has 110 valence electrons. The van der Waals surface area contributed by atoms with Gasteiger partial charge in [-0.2, -0.15) is 0 Å². The van der Waals surface area contributed by atoms with Crippen LogP contribution in [0.2, 0.25) is 5.02 Å². The number of halogens is 1. The van der Waals surface area contributed by atoms with Gasteiger partial charge in [-0.1, -0.05) is 24.4 Å². The fraction of sp³-hybridized carbons (Fsp3) is 0.438. The molecule has 21 heavy (non-hydrogen) atoms. The molecule has 2 heterocycles. The molecule has 2 aromatic rings. The Bertz CT molecular complexity index is 701. The van der Waals surface area contributed by atoms with E-state index in [1.165, 1.54) is 25.7 Å². The third-order valence-corrected chi connectivity index (χ3v) is 5.45. The monoisotopic (exact) mass is 319 g/mol. The number of aromatic nitrogens is 1. The molecule has 4 rings (SSSR count). The Hall–Kier alpha value is -1.13. The number of hydrogen-bond acceptors (Lipinski definition) is 3. The summed E-state index contributed by atoms with van der Waals surface area (Å²) >= 11 is 8.11. The number of hydrogen-bond donors (Lipinski definition) is 2. The SMILES string of the molecule is Clc1cc(NC2CCCC2)c2[nH]c(C3=NCCS3)cc2c1. The molecule has 0 spiro atoms. The van der Waals surface area contributed by atoms with E-state index in [2.05, 4.69) is 21.4 Å². The maximum Gasteiger partial charge on any atom is 0.114 e. The summed E-state index contributed by atoms with van der Waals surface area (Å²) in [4.78, 5) is 8.09. The summed E-state index contributed by atoms with van der Waals surface area (Å²) < 4.78 is 0. The van der Waals surface area contributed by atoms with Crippen molar-refractivity contribution in [3.63, 3.8) is 0 Å². The summed E-state index contributed by atoms with van der Waals surface area (Å²) in [5, 5.41) is 6.73. The molecule has 0 bridgehead atoms. The third-order valence-electron chi connectivity index (χ3n) is 4.22. The van der Waals surface area contributed by atoms with Gasteiger partial charge in [-0.3, -0.25) is 4.99 Å². The van der Waals surface area contributed by atoms with Crippen LogP contribution in [0.25, 0.3) is 10.9 Å². The van der Waals surface area contributed by atoms with E-state index < -0.39 is 0 Å². The zero-order valence-corrected chi connectivity index (χ0v) is 13.4. The van der Waals surface area contributed by atoms with Gasteiger partial charge in [-0.25, -0.2) is 0 Å². The molecule has 5 heteroatoms. The van der Waals surface area contributed by atoms with Crippen LogP contribution in [0.4, 0.5) is 5.69 Å². The van der Waals surface area contributed by atoms with Crippen LogP contribution in [0, 0.1) is 0 Å². The van der Waals surface area contributed by atoms with Gasteiger partial charge in [0.15, 0.2) is 0 Å². The van der Waals surface area contributed by atoms with Crippen molar-refractivity contribution < 1.29 is 0 Å². The van der Waals surface area contributed by atoms with E-state index in [-0.39, 0.29) is 0 Å². The smallest absolute Gasteiger partial charge is 0.114 e. The van der Waals surface area contributed by atoms with Crippen molar-refractivity contribution >= 4 is 45.0 Å². The molecule has 1 aromatic carbocycles. The third kappa shape index (κ3) is 2.67. The minimum atomic E-state index is 0.580.